The van der Waals surface area contributed by atoms with Crippen molar-refractivity contribution in [2.45, 2.75) is 31.1 Å². The highest BCUT2D eigenvalue weighted by Gasteiger charge is 2.44. The van der Waals surface area contributed by atoms with Gasteiger partial charge in [-0.25, -0.2) is 15.0 Å². The van der Waals surface area contributed by atoms with Gasteiger partial charge in [0.1, 0.15) is 24.6 Å². The normalized spacial score (nSPS) is 23.8. The molecular weight excluding hydrogens is 380 g/mol. The summed E-state index contributed by atoms with van der Waals surface area (Å²) in [5, 5.41) is 36.2. The van der Waals surface area contributed by atoms with Gasteiger partial charge in [-0.1, -0.05) is 29.4 Å². The molecule has 0 spiro atoms. The first-order chi connectivity index (χ1) is 14.1. The van der Waals surface area contributed by atoms with E-state index in [-0.39, 0.29) is 0 Å². The summed E-state index contributed by atoms with van der Waals surface area (Å²) in [6.07, 6.45) is -1.46. The Morgan fingerprint density at radius 3 is 2.66 bits per heavy atom. The van der Waals surface area contributed by atoms with Crippen LogP contribution in [-0.2, 0) is 11.3 Å². The number of benzene rings is 1. The van der Waals surface area contributed by atoms with Crippen LogP contribution in [0.5, 0.6) is 0 Å². The van der Waals surface area contributed by atoms with E-state index in [9.17, 15) is 15.3 Å². The first kappa shape index (κ1) is 19.1. The van der Waals surface area contributed by atoms with Crippen LogP contribution < -0.4 is 5.32 Å². The van der Waals surface area contributed by atoms with Crippen molar-refractivity contribution >= 4 is 22.7 Å². The van der Waals surface area contributed by atoms with E-state index in [0.717, 1.165) is 5.56 Å². The zero-order valence-electron chi connectivity index (χ0n) is 15.1. The van der Waals surface area contributed by atoms with Crippen molar-refractivity contribution in [1.29, 1.82) is 0 Å². The number of azide groups is 1. The topological polar surface area (TPSA) is 174 Å². The fourth-order valence-corrected chi connectivity index (χ4v) is 3.20. The van der Waals surface area contributed by atoms with E-state index in [1.54, 1.807) is 12.1 Å². The summed E-state index contributed by atoms with van der Waals surface area (Å²) in [5.41, 5.74) is 10.8. The van der Waals surface area contributed by atoms with Crippen LogP contribution >= 0.6 is 0 Å². The van der Waals surface area contributed by atoms with E-state index in [1.807, 2.05) is 12.1 Å². The minimum Gasteiger partial charge on any atom is -0.394 e. The molecule has 0 aliphatic carbocycles. The predicted molar refractivity (Wildman–Crippen MR) is 101 cm³/mol. The molecule has 4 N–H and O–H groups in total. The minimum atomic E-state index is -1.23. The van der Waals surface area contributed by atoms with Crippen LogP contribution in [0.1, 0.15) is 11.8 Å². The van der Waals surface area contributed by atoms with E-state index in [0.29, 0.717) is 29.2 Å². The van der Waals surface area contributed by atoms with Crippen molar-refractivity contribution in [3.63, 3.8) is 0 Å². The molecule has 0 saturated carbocycles. The lowest BCUT2D eigenvalue weighted by Crippen LogP contribution is -2.33. The van der Waals surface area contributed by atoms with Gasteiger partial charge in [0, 0.05) is 17.1 Å². The average molecular weight is 398 g/mol. The monoisotopic (exact) mass is 398 g/mol. The smallest absolute Gasteiger partial charge is 0.167 e. The highest BCUT2D eigenvalue weighted by molar-refractivity contribution is 5.82. The molecule has 2 unspecified atom stereocenters. The van der Waals surface area contributed by atoms with Crippen molar-refractivity contribution in [2.24, 2.45) is 5.11 Å². The maximum atomic E-state index is 10.2. The van der Waals surface area contributed by atoms with Crippen molar-refractivity contribution in [1.82, 2.24) is 19.5 Å². The van der Waals surface area contributed by atoms with Crippen molar-refractivity contribution < 1.29 is 20.1 Å². The number of nitrogens with one attached hydrogen (secondary N) is 1. The number of hydrogen-bond acceptors (Lipinski definition) is 9. The van der Waals surface area contributed by atoms with Gasteiger partial charge in [-0.3, -0.25) is 4.57 Å². The molecule has 1 fully saturated rings. The number of nitrogens with zero attached hydrogens (tertiary/aromatic N) is 7. The van der Waals surface area contributed by atoms with Gasteiger partial charge in [0.15, 0.2) is 23.2 Å². The lowest BCUT2D eigenvalue weighted by Gasteiger charge is -2.16. The molecule has 3 aromatic rings. The Morgan fingerprint density at radius 1 is 1.17 bits per heavy atom. The van der Waals surface area contributed by atoms with Crippen molar-refractivity contribution in [2.75, 3.05) is 11.9 Å². The molecule has 1 saturated heterocycles. The van der Waals surface area contributed by atoms with Crippen LogP contribution in [0.15, 0.2) is 42.0 Å². The Bertz CT molecular complexity index is 1050. The van der Waals surface area contributed by atoms with E-state index in [4.69, 9.17) is 10.3 Å². The van der Waals surface area contributed by atoms with Crippen LogP contribution in [0.2, 0.25) is 0 Å². The molecule has 4 atom stereocenters. The first-order valence-electron chi connectivity index (χ1n) is 8.80. The predicted octanol–water partition coefficient (Wildman–Crippen LogP) is 0.992. The average Bonchev–Trinajstić information content (AvgIpc) is 3.29. The van der Waals surface area contributed by atoms with Gasteiger partial charge in [0.2, 0.25) is 0 Å². The summed E-state index contributed by atoms with van der Waals surface area (Å²) >= 11 is 0. The largest absolute Gasteiger partial charge is 0.394 e. The summed E-state index contributed by atoms with van der Waals surface area (Å²) in [6.45, 7) is 0.0327. The third kappa shape index (κ3) is 3.58. The van der Waals surface area contributed by atoms with Crippen LogP contribution in [0.25, 0.3) is 21.6 Å². The summed E-state index contributed by atoms with van der Waals surface area (Å²) in [7, 11) is 0. The Hall–Kier alpha value is -3.28. The van der Waals surface area contributed by atoms with Gasteiger partial charge in [-0.2, -0.15) is 0 Å². The molecule has 3 heterocycles. The molecule has 150 valence electrons. The maximum Gasteiger partial charge on any atom is 0.167 e. The molecule has 1 aromatic carbocycles. The lowest BCUT2D eigenvalue weighted by atomic mass is 10.1. The summed E-state index contributed by atoms with van der Waals surface area (Å²) in [4.78, 5) is 15.5. The van der Waals surface area contributed by atoms with Gasteiger partial charge in [0.25, 0.3) is 0 Å². The van der Waals surface area contributed by atoms with Crippen LogP contribution in [0, 0.1) is 0 Å². The Kier molecular flexibility index (Phi) is 5.25. The number of ether oxygens (including phenoxy) is 1. The number of aromatic nitrogens is 4. The first-order valence-corrected chi connectivity index (χ1v) is 8.80. The summed E-state index contributed by atoms with van der Waals surface area (Å²) in [5.74, 6) is 0.486. The quantitative estimate of drug-likeness (QED) is 0.270. The maximum absolute atomic E-state index is 10.2. The number of fused-ring (bicyclic) bond motifs is 1. The second-order valence-electron chi connectivity index (χ2n) is 6.48. The zero-order chi connectivity index (χ0) is 20.4. The number of anilines is 1. The van der Waals surface area contributed by atoms with Crippen LogP contribution in [0.3, 0.4) is 0 Å². The second-order valence-corrected chi connectivity index (χ2v) is 6.48. The Balaban J connectivity index is 1.55. The van der Waals surface area contributed by atoms with Crippen molar-refractivity contribution in [3.05, 3.63) is 52.9 Å². The number of imidazole rings is 1. The molecule has 12 nitrogen and oxygen atoms in total. The molecule has 4 rings (SSSR count). The summed E-state index contributed by atoms with van der Waals surface area (Å²) in [6, 6.07) is 7.08. The molecular formula is C17H18N8O4. The molecule has 0 radical (unpaired) electrons. The molecule has 29 heavy (non-hydrogen) atoms. The zero-order valence-corrected chi connectivity index (χ0v) is 15.1. The van der Waals surface area contributed by atoms with E-state index >= 15 is 0 Å². The van der Waals surface area contributed by atoms with Gasteiger partial charge in [-0.15, -0.1) is 0 Å². The second kappa shape index (κ2) is 7.99. The van der Waals surface area contributed by atoms with Crippen LogP contribution in [-0.4, -0.2) is 59.8 Å². The van der Waals surface area contributed by atoms with E-state index in [2.05, 4.69) is 30.3 Å². The van der Waals surface area contributed by atoms with Gasteiger partial charge in [0.05, 0.1) is 12.9 Å². The molecule has 2 aromatic heterocycles. The van der Waals surface area contributed by atoms with E-state index < -0.39 is 31.1 Å². The molecule has 1 aliphatic heterocycles. The molecule has 0 amide bonds. The number of aliphatic hydroxyl groups is 3. The third-order valence-electron chi connectivity index (χ3n) is 4.71. The SMILES string of the molecule is [N-]=[N+]=Nc1ccc(CNc2ncnc3c2ncn3[C@@H]2O[C@H](CO)C(O)C2O)cc1. The number of rotatable bonds is 6. The van der Waals surface area contributed by atoms with Gasteiger partial charge in [-0.05, 0) is 11.1 Å². The standard InChI is InChI=1S/C17H18N8O4/c18-24-23-10-3-1-9(2-4-10)5-19-15-12-16(21-7-20-15)25(8-22-12)17-14(28)13(27)11(6-26)29-17/h1-4,7-8,11,13-14,17,26-28H,5-6H2,(H,19,20,21)/t11-,13?,14?,17-/m1/s1. The number of aliphatic hydroxyl groups excluding tert-OH is 3. The summed E-state index contributed by atoms with van der Waals surface area (Å²) < 4.78 is 7.05. The fraction of sp³-hybridized carbons (Fsp3) is 0.353. The van der Waals surface area contributed by atoms with E-state index in [1.165, 1.54) is 17.2 Å². The molecule has 0 bridgehead atoms. The Morgan fingerprint density at radius 2 is 1.97 bits per heavy atom. The van der Waals surface area contributed by atoms with Gasteiger partial charge < -0.3 is 25.4 Å². The fourth-order valence-electron chi connectivity index (χ4n) is 3.20. The molecule has 12 heteroatoms. The molecule has 1 aliphatic rings. The van der Waals surface area contributed by atoms with Crippen LogP contribution in [0.4, 0.5) is 11.5 Å². The third-order valence-corrected chi connectivity index (χ3v) is 4.71. The lowest BCUT2D eigenvalue weighted by molar-refractivity contribution is -0.0511. The highest BCUT2D eigenvalue weighted by atomic mass is 16.6. The highest BCUT2D eigenvalue weighted by Crippen LogP contribution is 2.32. The minimum absolute atomic E-state index is 0.413. The number of hydrogen-bond donors (Lipinski definition) is 4. The Labute approximate surface area is 164 Å². The van der Waals surface area contributed by atoms with Gasteiger partial charge >= 0.3 is 0 Å². The van der Waals surface area contributed by atoms with Crippen molar-refractivity contribution in [3.8, 4) is 0 Å².